The number of amides is 2. The molecular formula is C12H11N3O3. The van der Waals surface area contributed by atoms with Crippen molar-refractivity contribution >= 4 is 17.9 Å². The molecule has 0 radical (unpaired) electrons. The quantitative estimate of drug-likeness (QED) is 0.438. The van der Waals surface area contributed by atoms with Gasteiger partial charge in [0, 0.05) is 5.56 Å². The Labute approximate surface area is 103 Å². The minimum Gasteiger partial charge on any atom is -0.496 e. The van der Waals surface area contributed by atoms with Crippen molar-refractivity contribution in [2.45, 2.75) is 0 Å². The van der Waals surface area contributed by atoms with Gasteiger partial charge in [-0.05, 0) is 24.3 Å². The highest BCUT2D eigenvalue weighted by Crippen LogP contribution is 2.22. The van der Waals surface area contributed by atoms with E-state index >= 15 is 0 Å². The summed E-state index contributed by atoms with van der Waals surface area (Å²) in [6, 6.07) is 6.47. The molecule has 6 nitrogen and oxygen atoms in total. The molecule has 0 unspecified atom stereocenters. The summed E-state index contributed by atoms with van der Waals surface area (Å²) in [5.41, 5.74) is 10.6. The molecule has 0 aliphatic heterocycles. The van der Waals surface area contributed by atoms with Crippen LogP contribution in [0.25, 0.3) is 6.08 Å². The predicted molar refractivity (Wildman–Crippen MR) is 64.1 cm³/mol. The van der Waals surface area contributed by atoms with Crippen molar-refractivity contribution in [3.8, 4) is 11.8 Å². The molecule has 0 saturated carbocycles. The van der Waals surface area contributed by atoms with Crippen LogP contribution in [0.1, 0.15) is 11.1 Å². The highest BCUT2D eigenvalue weighted by Gasteiger charge is 2.13. The van der Waals surface area contributed by atoms with Crippen molar-refractivity contribution in [2.75, 3.05) is 7.11 Å². The van der Waals surface area contributed by atoms with Gasteiger partial charge in [0.1, 0.15) is 11.3 Å². The lowest BCUT2D eigenvalue weighted by atomic mass is 10.1. The fraction of sp³-hybridized carbons (Fsp3) is 0.0833. The van der Waals surface area contributed by atoms with Crippen LogP contribution in [-0.2, 0) is 9.59 Å². The summed E-state index contributed by atoms with van der Waals surface area (Å²) in [6.45, 7) is 0. The molecule has 0 heterocycles. The summed E-state index contributed by atoms with van der Waals surface area (Å²) >= 11 is 0. The van der Waals surface area contributed by atoms with Crippen LogP contribution in [0.5, 0.6) is 5.75 Å². The predicted octanol–water partition coefficient (Wildman–Crippen LogP) is -0.0791. The molecule has 18 heavy (non-hydrogen) atoms. The SMILES string of the molecule is COc1cc(C#N)ccc1C=C(C(N)=O)C(N)=O. The molecule has 0 saturated heterocycles. The number of rotatable bonds is 4. The van der Waals surface area contributed by atoms with E-state index in [1.165, 1.54) is 31.4 Å². The Morgan fingerprint density at radius 2 is 1.94 bits per heavy atom. The molecule has 0 aliphatic carbocycles. The molecule has 1 aromatic rings. The first kappa shape index (κ1) is 13.3. The molecule has 0 aliphatic rings. The number of carbonyl (C=O) groups excluding carboxylic acids is 2. The summed E-state index contributed by atoms with van der Waals surface area (Å²) in [6.07, 6.45) is 1.23. The number of carbonyl (C=O) groups is 2. The summed E-state index contributed by atoms with van der Waals surface area (Å²) in [5, 5.41) is 8.74. The van der Waals surface area contributed by atoms with Gasteiger partial charge in [-0.3, -0.25) is 9.59 Å². The van der Waals surface area contributed by atoms with Crippen molar-refractivity contribution in [2.24, 2.45) is 11.5 Å². The lowest BCUT2D eigenvalue weighted by Crippen LogP contribution is -2.25. The second-order valence-electron chi connectivity index (χ2n) is 3.36. The molecule has 0 atom stereocenters. The van der Waals surface area contributed by atoms with Crippen LogP contribution >= 0.6 is 0 Å². The largest absolute Gasteiger partial charge is 0.496 e. The molecular weight excluding hydrogens is 234 g/mol. The van der Waals surface area contributed by atoms with Crippen molar-refractivity contribution in [3.05, 3.63) is 34.9 Å². The fourth-order valence-electron chi connectivity index (χ4n) is 1.32. The first-order valence-corrected chi connectivity index (χ1v) is 4.89. The normalized spacial score (nSPS) is 9.11. The Morgan fingerprint density at radius 3 is 2.39 bits per heavy atom. The van der Waals surface area contributed by atoms with Gasteiger partial charge in [-0.2, -0.15) is 5.26 Å². The third-order valence-corrected chi connectivity index (χ3v) is 2.19. The van der Waals surface area contributed by atoms with Crippen LogP contribution in [0.15, 0.2) is 23.8 Å². The van der Waals surface area contributed by atoms with Crippen LogP contribution in [-0.4, -0.2) is 18.9 Å². The lowest BCUT2D eigenvalue weighted by Gasteiger charge is -2.06. The number of nitriles is 1. The van der Waals surface area contributed by atoms with Gasteiger partial charge in [-0.15, -0.1) is 0 Å². The van der Waals surface area contributed by atoms with Crippen molar-refractivity contribution < 1.29 is 14.3 Å². The Morgan fingerprint density at radius 1 is 1.33 bits per heavy atom. The Kier molecular flexibility index (Phi) is 4.05. The minimum absolute atomic E-state index is 0.335. The number of benzene rings is 1. The smallest absolute Gasteiger partial charge is 0.254 e. The molecule has 2 amide bonds. The third-order valence-electron chi connectivity index (χ3n) is 2.19. The van der Waals surface area contributed by atoms with Crippen molar-refractivity contribution in [3.63, 3.8) is 0 Å². The van der Waals surface area contributed by atoms with Gasteiger partial charge in [0.2, 0.25) is 0 Å². The molecule has 0 spiro atoms. The van der Waals surface area contributed by atoms with Gasteiger partial charge in [-0.1, -0.05) is 0 Å². The average molecular weight is 245 g/mol. The van der Waals surface area contributed by atoms with Crippen LogP contribution in [0.3, 0.4) is 0 Å². The van der Waals surface area contributed by atoms with Gasteiger partial charge in [0.15, 0.2) is 0 Å². The number of ether oxygens (including phenoxy) is 1. The zero-order chi connectivity index (χ0) is 13.7. The van der Waals surface area contributed by atoms with Gasteiger partial charge in [0.05, 0.1) is 18.7 Å². The van der Waals surface area contributed by atoms with E-state index in [0.717, 1.165) is 0 Å². The third kappa shape index (κ3) is 2.86. The zero-order valence-corrected chi connectivity index (χ0v) is 9.64. The molecule has 4 N–H and O–H groups in total. The van der Waals surface area contributed by atoms with E-state index in [9.17, 15) is 9.59 Å². The van der Waals surface area contributed by atoms with Gasteiger partial charge < -0.3 is 16.2 Å². The molecule has 0 aromatic heterocycles. The fourth-order valence-corrected chi connectivity index (χ4v) is 1.32. The maximum absolute atomic E-state index is 11.0. The zero-order valence-electron chi connectivity index (χ0n) is 9.64. The number of methoxy groups -OCH3 is 1. The molecule has 6 heteroatoms. The molecule has 1 rings (SSSR count). The van der Waals surface area contributed by atoms with E-state index in [4.69, 9.17) is 21.5 Å². The van der Waals surface area contributed by atoms with Crippen molar-refractivity contribution in [1.82, 2.24) is 0 Å². The Hall–Kier alpha value is -2.81. The molecule has 0 fully saturated rings. The number of hydrogen-bond acceptors (Lipinski definition) is 4. The molecule has 92 valence electrons. The van der Waals surface area contributed by atoms with Gasteiger partial charge in [-0.25, -0.2) is 0 Å². The summed E-state index contributed by atoms with van der Waals surface area (Å²) in [4.78, 5) is 22.1. The highest BCUT2D eigenvalue weighted by molar-refractivity contribution is 6.20. The Balaban J connectivity index is 3.33. The number of hydrogen-bond donors (Lipinski definition) is 2. The maximum atomic E-state index is 11.0. The van der Waals surface area contributed by atoms with E-state index in [2.05, 4.69) is 0 Å². The maximum Gasteiger partial charge on any atom is 0.254 e. The van der Waals surface area contributed by atoms with E-state index in [1.807, 2.05) is 6.07 Å². The van der Waals surface area contributed by atoms with Crippen LogP contribution in [0.2, 0.25) is 0 Å². The first-order chi connectivity index (χ1) is 8.49. The number of primary amides is 2. The standard InChI is InChI=1S/C12H11N3O3/c1-18-10-4-7(6-13)2-3-8(10)5-9(11(14)16)12(15)17/h2-5H,1H3,(H2,14,16)(H2,15,17). The second kappa shape index (κ2) is 5.50. The summed E-state index contributed by atoms with van der Waals surface area (Å²) in [7, 11) is 1.40. The topological polar surface area (TPSA) is 119 Å². The van der Waals surface area contributed by atoms with E-state index in [0.29, 0.717) is 16.9 Å². The Bertz CT molecular complexity index is 554. The average Bonchev–Trinajstić information content (AvgIpc) is 2.34. The van der Waals surface area contributed by atoms with Crippen LogP contribution < -0.4 is 16.2 Å². The number of nitrogens with zero attached hydrogens (tertiary/aromatic N) is 1. The number of nitrogens with two attached hydrogens (primary N) is 2. The highest BCUT2D eigenvalue weighted by atomic mass is 16.5. The lowest BCUT2D eigenvalue weighted by molar-refractivity contribution is -0.120. The molecule has 1 aromatic carbocycles. The minimum atomic E-state index is -0.922. The van der Waals surface area contributed by atoms with E-state index in [-0.39, 0.29) is 5.57 Å². The monoisotopic (exact) mass is 245 g/mol. The summed E-state index contributed by atoms with van der Waals surface area (Å²) in [5.74, 6) is -1.50. The van der Waals surface area contributed by atoms with Crippen molar-refractivity contribution in [1.29, 1.82) is 5.26 Å². The van der Waals surface area contributed by atoms with Crippen LogP contribution in [0, 0.1) is 11.3 Å². The second-order valence-corrected chi connectivity index (χ2v) is 3.36. The van der Waals surface area contributed by atoms with Gasteiger partial charge >= 0.3 is 0 Å². The molecule has 0 bridgehead atoms. The first-order valence-electron chi connectivity index (χ1n) is 4.89. The van der Waals surface area contributed by atoms with E-state index in [1.54, 1.807) is 0 Å². The summed E-state index contributed by atoms with van der Waals surface area (Å²) < 4.78 is 5.05. The van der Waals surface area contributed by atoms with Gasteiger partial charge in [0.25, 0.3) is 11.8 Å². The van der Waals surface area contributed by atoms with Crippen LogP contribution in [0.4, 0.5) is 0 Å². The van der Waals surface area contributed by atoms with E-state index < -0.39 is 11.8 Å².